The van der Waals surface area contributed by atoms with Crippen molar-refractivity contribution >= 4 is 22.3 Å². The first kappa shape index (κ1) is 18.3. The van der Waals surface area contributed by atoms with Gasteiger partial charge in [-0.05, 0) is 35.6 Å². The largest absolute Gasteiger partial charge is 0.511 e. The summed E-state index contributed by atoms with van der Waals surface area (Å²) in [6.07, 6.45) is 2.84. The summed E-state index contributed by atoms with van der Waals surface area (Å²) in [7, 11) is 0. The molecule has 4 heteroatoms. The van der Waals surface area contributed by atoms with Crippen LogP contribution in [0, 0.1) is 0 Å². The van der Waals surface area contributed by atoms with Gasteiger partial charge in [-0.25, -0.2) is 0 Å². The highest BCUT2D eigenvalue weighted by Crippen LogP contribution is 2.26. The molecule has 2 N–H and O–H groups in total. The van der Waals surface area contributed by atoms with E-state index in [4.69, 9.17) is 0 Å². The first-order valence-corrected chi connectivity index (χ1v) is 9.23. The molecule has 0 aliphatic heterocycles. The summed E-state index contributed by atoms with van der Waals surface area (Å²) in [5.74, 6) is 0.0260. The zero-order valence-electron chi connectivity index (χ0n) is 15.1. The zero-order valence-corrected chi connectivity index (χ0v) is 15.1. The van der Waals surface area contributed by atoms with E-state index in [1.165, 1.54) is 0 Å². The van der Waals surface area contributed by atoms with Gasteiger partial charge in [0.2, 0.25) is 0 Å². The number of ketones is 1. The summed E-state index contributed by atoms with van der Waals surface area (Å²) in [6.45, 7) is 1.90. The van der Waals surface area contributed by atoms with E-state index in [0.29, 0.717) is 37.0 Å². The lowest BCUT2D eigenvalue weighted by atomic mass is 9.88. The Labute approximate surface area is 153 Å². The van der Waals surface area contributed by atoms with Crippen LogP contribution in [0.2, 0.25) is 0 Å². The van der Waals surface area contributed by atoms with E-state index < -0.39 is 0 Å². The highest BCUT2D eigenvalue weighted by atomic mass is 16.3. The Kier molecular flexibility index (Phi) is 5.84. The lowest BCUT2D eigenvalue weighted by Gasteiger charge is -2.20. The Balaban J connectivity index is 2.00. The maximum absolute atomic E-state index is 12.5. The molecule has 0 spiro atoms. The first-order valence-electron chi connectivity index (χ1n) is 9.23. The standard InChI is InChI=1S/C22H25NO3/c1-2-17(14-24)23-19-11-6-12-20(25)22(19)21(26)13-16-9-5-8-15-7-3-4-10-18(15)16/h3-5,7-10,17,24,26H,2,6,11-14H2,1H3. The van der Waals surface area contributed by atoms with Crippen molar-refractivity contribution < 1.29 is 15.0 Å². The van der Waals surface area contributed by atoms with Crippen molar-refractivity contribution in [3.8, 4) is 0 Å². The van der Waals surface area contributed by atoms with Crippen LogP contribution in [-0.2, 0) is 11.2 Å². The van der Waals surface area contributed by atoms with Crippen molar-refractivity contribution in [2.24, 2.45) is 4.99 Å². The lowest BCUT2D eigenvalue weighted by Crippen LogP contribution is -2.24. The summed E-state index contributed by atoms with van der Waals surface area (Å²) in [4.78, 5) is 17.1. The molecule has 1 atom stereocenters. The van der Waals surface area contributed by atoms with Gasteiger partial charge in [0.05, 0.1) is 18.2 Å². The van der Waals surface area contributed by atoms with E-state index >= 15 is 0 Å². The lowest BCUT2D eigenvalue weighted by molar-refractivity contribution is -0.115. The Bertz CT molecular complexity index is 857. The molecule has 0 radical (unpaired) electrons. The monoisotopic (exact) mass is 351 g/mol. The Morgan fingerprint density at radius 2 is 1.92 bits per heavy atom. The Hall–Kier alpha value is -2.46. The summed E-state index contributed by atoms with van der Waals surface area (Å²) in [5.41, 5.74) is 1.98. The van der Waals surface area contributed by atoms with Gasteiger partial charge < -0.3 is 10.2 Å². The van der Waals surface area contributed by atoms with Gasteiger partial charge >= 0.3 is 0 Å². The number of aliphatic hydroxyl groups excluding tert-OH is 2. The van der Waals surface area contributed by atoms with Gasteiger partial charge in [0.1, 0.15) is 5.76 Å². The number of rotatable bonds is 5. The number of nitrogens with zero attached hydrogens (tertiary/aromatic N) is 1. The van der Waals surface area contributed by atoms with Crippen LogP contribution in [0.3, 0.4) is 0 Å². The number of carbonyl (C=O) groups is 1. The predicted molar refractivity (Wildman–Crippen MR) is 105 cm³/mol. The first-order chi connectivity index (χ1) is 12.6. The second kappa shape index (κ2) is 8.28. The molecule has 0 amide bonds. The van der Waals surface area contributed by atoms with Crippen LogP contribution in [0.1, 0.15) is 38.2 Å². The van der Waals surface area contributed by atoms with Gasteiger partial charge in [-0.1, -0.05) is 49.4 Å². The maximum atomic E-state index is 12.5. The average Bonchev–Trinajstić information content (AvgIpc) is 2.66. The van der Waals surface area contributed by atoms with Gasteiger partial charge in [0, 0.05) is 18.6 Å². The minimum Gasteiger partial charge on any atom is -0.511 e. The Morgan fingerprint density at radius 3 is 2.69 bits per heavy atom. The van der Waals surface area contributed by atoms with Crippen LogP contribution in [0.4, 0.5) is 0 Å². The van der Waals surface area contributed by atoms with E-state index in [2.05, 4.69) is 4.99 Å². The number of allylic oxidation sites excluding steroid dienone is 2. The minimum absolute atomic E-state index is 0.0500. The molecule has 0 bridgehead atoms. The Morgan fingerprint density at radius 1 is 1.15 bits per heavy atom. The number of aliphatic hydroxyl groups is 2. The van der Waals surface area contributed by atoms with Gasteiger partial charge in [-0.15, -0.1) is 0 Å². The number of hydrogen-bond acceptors (Lipinski definition) is 4. The minimum atomic E-state index is -0.226. The molecule has 26 heavy (non-hydrogen) atoms. The third kappa shape index (κ3) is 3.86. The van der Waals surface area contributed by atoms with Crippen molar-refractivity contribution in [1.29, 1.82) is 0 Å². The van der Waals surface area contributed by atoms with Gasteiger partial charge in [-0.3, -0.25) is 9.79 Å². The fraction of sp³-hybridized carbons (Fsp3) is 0.364. The van der Waals surface area contributed by atoms with Gasteiger partial charge in [0.15, 0.2) is 5.78 Å². The number of aliphatic imine (C=N–C) groups is 1. The normalized spacial score (nSPS) is 19.8. The number of carbonyl (C=O) groups excluding carboxylic acids is 1. The van der Waals surface area contributed by atoms with Crippen LogP contribution in [0.5, 0.6) is 0 Å². The second-order valence-electron chi connectivity index (χ2n) is 6.73. The van der Waals surface area contributed by atoms with Crippen molar-refractivity contribution in [3.63, 3.8) is 0 Å². The van der Waals surface area contributed by atoms with Crippen molar-refractivity contribution in [2.75, 3.05) is 6.61 Å². The molecule has 1 aliphatic rings. The number of fused-ring (bicyclic) bond motifs is 1. The predicted octanol–water partition coefficient (Wildman–Crippen LogP) is 4.16. The van der Waals surface area contributed by atoms with Gasteiger partial charge in [0.25, 0.3) is 0 Å². The summed E-state index contributed by atoms with van der Waals surface area (Å²) < 4.78 is 0. The van der Waals surface area contributed by atoms with Crippen molar-refractivity contribution in [3.05, 3.63) is 59.4 Å². The van der Waals surface area contributed by atoms with Crippen molar-refractivity contribution in [2.45, 2.75) is 45.1 Å². The zero-order chi connectivity index (χ0) is 18.5. The summed E-state index contributed by atoms with van der Waals surface area (Å²) in [5, 5.41) is 22.4. The average molecular weight is 351 g/mol. The molecule has 3 rings (SSSR count). The number of Topliss-reactive ketones (excluding diaryl/α,β-unsaturated/α-hetero) is 1. The molecule has 136 valence electrons. The highest BCUT2D eigenvalue weighted by molar-refractivity contribution is 6.24. The number of benzene rings is 2. The van der Waals surface area contributed by atoms with Crippen LogP contribution >= 0.6 is 0 Å². The molecule has 0 aromatic heterocycles. The smallest absolute Gasteiger partial charge is 0.168 e. The molecule has 0 saturated heterocycles. The molecular formula is C22H25NO3. The third-order valence-corrected chi connectivity index (χ3v) is 4.93. The SMILES string of the molecule is CCC(CO)N=C1CCCC(=O)C1=C(O)Cc1cccc2ccccc12. The van der Waals surface area contributed by atoms with E-state index in [1.807, 2.05) is 49.4 Å². The third-order valence-electron chi connectivity index (χ3n) is 4.93. The molecule has 1 aliphatic carbocycles. The molecule has 1 saturated carbocycles. The molecule has 2 aromatic rings. The molecule has 0 heterocycles. The van der Waals surface area contributed by atoms with E-state index in [9.17, 15) is 15.0 Å². The number of hydrogen-bond donors (Lipinski definition) is 2. The fourth-order valence-electron chi connectivity index (χ4n) is 3.48. The molecule has 2 aromatic carbocycles. The fourth-order valence-corrected chi connectivity index (χ4v) is 3.48. The molecular weight excluding hydrogens is 326 g/mol. The summed E-state index contributed by atoms with van der Waals surface area (Å²) in [6, 6.07) is 13.8. The van der Waals surface area contributed by atoms with Gasteiger partial charge in [-0.2, -0.15) is 0 Å². The van der Waals surface area contributed by atoms with Crippen molar-refractivity contribution in [1.82, 2.24) is 0 Å². The van der Waals surface area contributed by atoms with Crippen LogP contribution in [0.15, 0.2) is 58.8 Å². The van der Waals surface area contributed by atoms with Crippen LogP contribution < -0.4 is 0 Å². The second-order valence-corrected chi connectivity index (χ2v) is 6.73. The summed E-state index contributed by atoms with van der Waals surface area (Å²) >= 11 is 0. The van der Waals surface area contributed by atoms with Crippen LogP contribution in [-0.4, -0.2) is 34.4 Å². The van der Waals surface area contributed by atoms with E-state index in [1.54, 1.807) is 0 Å². The molecule has 4 nitrogen and oxygen atoms in total. The maximum Gasteiger partial charge on any atom is 0.168 e. The van der Waals surface area contributed by atoms with E-state index in [-0.39, 0.29) is 24.2 Å². The quantitative estimate of drug-likeness (QED) is 0.628. The van der Waals surface area contributed by atoms with E-state index in [0.717, 1.165) is 22.8 Å². The molecule has 1 fully saturated rings. The topological polar surface area (TPSA) is 69.9 Å². The highest BCUT2D eigenvalue weighted by Gasteiger charge is 2.26. The molecule has 1 unspecified atom stereocenters. The van der Waals surface area contributed by atoms with Crippen LogP contribution in [0.25, 0.3) is 10.8 Å².